The first kappa shape index (κ1) is 20.1. The maximum Gasteiger partial charge on any atom is 0.348 e. The van der Waals surface area contributed by atoms with Crippen molar-refractivity contribution in [3.05, 3.63) is 50.1 Å². The van der Waals surface area contributed by atoms with E-state index in [1.807, 2.05) is 19.9 Å². The highest BCUT2D eigenvalue weighted by molar-refractivity contribution is 9.10. The molecule has 1 aromatic heterocycles. The fourth-order valence-corrected chi connectivity index (χ4v) is 3.55. The minimum atomic E-state index is -0.537. The Morgan fingerprint density at radius 2 is 1.92 bits per heavy atom. The van der Waals surface area contributed by atoms with Crippen molar-refractivity contribution >= 4 is 50.7 Å². The third-order valence-electron chi connectivity index (χ3n) is 3.47. The summed E-state index contributed by atoms with van der Waals surface area (Å²) < 4.78 is 5.73. The molecule has 8 heteroatoms. The molecule has 26 heavy (non-hydrogen) atoms. The molecule has 0 bridgehead atoms. The zero-order valence-corrected chi connectivity index (χ0v) is 16.8. The molecular weight excluding hydrogens is 420 g/mol. The SMILES string of the molecule is CCc1sc(C(=O)OCC(=O)NCC(=O)Nc2ccccc2Br)cc1C. The number of rotatable bonds is 7. The predicted octanol–water partition coefficient (Wildman–Crippen LogP) is 3.29. The van der Waals surface area contributed by atoms with Crippen molar-refractivity contribution in [3.63, 3.8) is 0 Å². The summed E-state index contributed by atoms with van der Waals surface area (Å²) in [6, 6.07) is 8.90. The maximum atomic E-state index is 12.0. The molecule has 138 valence electrons. The van der Waals surface area contributed by atoms with E-state index in [0.29, 0.717) is 10.6 Å². The number of anilines is 1. The van der Waals surface area contributed by atoms with Gasteiger partial charge in [0.15, 0.2) is 6.61 Å². The van der Waals surface area contributed by atoms with Gasteiger partial charge in [0, 0.05) is 9.35 Å². The lowest BCUT2D eigenvalue weighted by Gasteiger charge is -2.08. The third kappa shape index (κ3) is 5.67. The van der Waals surface area contributed by atoms with Crippen molar-refractivity contribution < 1.29 is 19.1 Å². The van der Waals surface area contributed by atoms with Crippen LogP contribution < -0.4 is 10.6 Å². The molecule has 2 aromatic rings. The summed E-state index contributed by atoms with van der Waals surface area (Å²) >= 11 is 4.69. The van der Waals surface area contributed by atoms with Gasteiger partial charge >= 0.3 is 5.97 Å². The molecule has 2 N–H and O–H groups in total. The molecule has 1 aromatic carbocycles. The lowest BCUT2D eigenvalue weighted by atomic mass is 10.2. The van der Waals surface area contributed by atoms with Crippen LogP contribution in [0.1, 0.15) is 27.0 Å². The molecule has 0 saturated heterocycles. The van der Waals surface area contributed by atoms with Gasteiger partial charge in [-0.25, -0.2) is 4.79 Å². The molecule has 0 radical (unpaired) electrons. The summed E-state index contributed by atoms with van der Waals surface area (Å²) in [4.78, 5) is 37.2. The minimum Gasteiger partial charge on any atom is -0.451 e. The number of para-hydroxylation sites is 1. The molecule has 0 atom stereocenters. The molecule has 0 spiro atoms. The van der Waals surface area contributed by atoms with Crippen molar-refractivity contribution in [2.45, 2.75) is 20.3 Å². The largest absolute Gasteiger partial charge is 0.451 e. The van der Waals surface area contributed by atoms with Gasteiger partial charge in [-0.05, 0) is 53.0 Å². The Bertz CT molecular complexity index is 819. The molecule has 2 rings (SSSR count). The number of aryl methyl sites for hydroxylation is 2. The van der Waals surface area contributed by atoms with Gasteiger partial charge in [0.05, 0.1) is 12.2 Å². The van der Waals surface area contributed by atoms with Crippen molar-refractivity contribution in [1.82, 2.24) is 5.32 Å². The molecule has 0 aliphatic carbocycles. The van der Waals surface area contributed by atoms with E-state index in [1.54, 1.807) is 24.3 Å². The van der Waals surface area contributed by atoms with Crippen LogP contribution in [0.3, 0.4) is 0 Å². The monoisotopic (exact) mass is 438 g/mol. The number of carbonyl (C=O) groups excluding carboxylic acids is 3. The van der Waals surface area contributed by atoms with E-state index in [9.17, 15) is 14.4 Å². The molecule has 0 aliphatic heterocycles. The summed E-state index contributed by atoms with van der Waals surface area (Å²) in [6.07, 6.45) is 0.844. The van der Waals surface area contributed by atoms with Crippen LogP contribution >= 0.6 is 27.3 Å². The first-order chi connectivity index (χ1) is 12.4. The lowest BCUT2D eigenvalue weighted by Crippen LogP contribution is -2.35. The standard InChI is InChI=1S/C18H19BrN2O4S/c1-3-14-11(2)8-15(26-14)18(24)25-10-17(23)20-9-16(22)21-13-7-5-4-6-12(13)19/h4-8H,3,9-10H2,1-2H3,(H,20,23)(H,21,22). The Morgan fingerprint density at radius 3 is 2.58 bits per heavy atom. The van der Waals surface area contributed by atoms with Crippen LogP contribution in [0.5, 0.6) is 0 Å². The van der Waals surface area contributed by atoms with E-state index in [1.165, 1.54) is 11.3 Å². The Hall–Kier alpha value is -2.19. The molecule has 0 fully saturated rings. The number of hydrogen-bond acceptors (Lipinski definition) is 5. The van der Waals surface area contributed by atoms with E-state index in [2.05, 4.69) is 26.6 Å². The summed E-state index contributed by atoms with van der Waals surface area (Å²) in [7, 11) is 0. The van der Waals surface area contributed by atoms with Gasteiger partial charge in [0.1, 0.15) is 4.88 Å². The molecule has 0 saturated carbocycles. The van der Waals surface area contributed by atoms with Crippen LogP contribution in [-0.2, 0) is 20.7 Å². The van der Waals surface area contributed by atoms with Crippen molar-refractivity contribution in [3.8, 4) is 0 Å². The normalized spacial score (nSPS) is 10.3. The highest BCUT2D eigenvalue weighted by Crippen LogP contribution is 2.23. The van der Waals surface area contributed by atoms with Crippen LogP contribution in [0, 0.1) is 6.92 Å². The highest BCUT2D eigenvalue weighted by Gasteiger charge is 2.15. The van der Waals surface area contributed by atoms with Crippen molar-refractivity contribution in [1.29, 1.82) is 0 Å². The van der Waals surface area contributed by atoms with E-state index in [4.69, 9.17) is 4.74 Å². The number of carbonyl (C=O) groups is 3. The van der Waals surface area contributed by atoms with Gasteiger partial charge in [-0.15, -0.1) is 11.3 Å². The van der Waals surface area contributed by atoms with Gasteiger partial charge in [-0.3, -0.25) is 9.59 Å². The maximum absolute atomic E-state index is 12.0. The second-order valence-corrected chi connectivity index (χ2v) is 7.44. The molecule has 0 aliphatic rings. The van der Waals surface area contributed by atoms with Crippen LogP contribution in [0.15, 0.2) is 34.8 Å². The first-order valence-electron chi connectivity index (χ1n) is 7.98. The van der Waals surface area contributed by atoms with Gasteiger partial charge in [-0.2, -0.15) is 0 Å². The van der Waals surface area contributed by atoms with Crippen LogP contribution in [0.25, 0.3) is 0 Å². The molecule has 1 heterocycles. The molecular formula is C18H19BrN2O4S. The second kappa shape index (κ2) is 9.49. The zero-order chi connectivity index (χ0) is 19.1. The zero-order valence-electron chi connectivity index (χ0n) is 14.4. The number of amides is 2. The van der Waals surface area contributed by atoms with Gasteiger partial charge in [0.2, 0.25) is 5.91 Å². The number of hydrogen-bond donors (Lipinski definition) is 2. The Labute approximate surface area is 164 Å². The minimum absolute atomic E-state index is 0.212. The average Bonchev–Trinajstić information content (AvgIpc) is 3.00. The van der Waals surface area contributed by atoms with Crippen LogP contribution in [-0.4, -0.2) is 30.9 Å². The lowest BCUT2D eigenvalue weighted by molar-refractivity contribution is -0.126. The van der Waals surface area contributed by atoms with E-state index in [0.717, 1.165) is 21.3 Å². The van der Waals surface area contributed by atoms with Gasteiger partial charge in [0.25, 0.3) is 5.91 Å². The first-order valence-corrected chi connectivity index (χ1v) is 9.59. The van der Waals surface area contributed by atoms with Crippen molar-refractivity contribution in [2.24, 2.45) is 0 Å². The number of benzene rings is 1. The summed E-state index contributed by atoms with van der Waals surface area (Å²) in [6.45, 7) is 3.30. The topological polar surface area (TPSA) is 84.5 Å². The number of halogens is 1. The highest BCUT2D eigenvalue weighted by atomic mass is 79.9. The molecule has 0 unspecified atom stereocenters. The van der Waals surface area contributed by atoms with Gasteiger partial charge in [-0.1, -0.05) is 19.1 Å². The fourth-order valence-electron chi connectivity index (χ4n) is 2.16. The van der Waals surface area contributed by atoms with E-state index < -0.39 is 18.5 Å². The number of ether oxygens (including phenoxy) is 1. The van der Waals surface area contributed by atoms with E-state index in [-0.39, 0.29) is 12.5 Å². The third-order valence-corrected chi connectivity index (χ3v) is 5.52. The Morgan fingerprint density at radius 1 is 1.19 bits per heavy atom. The number of thiophene rings is 1. The van der Waals surface area contributed by atoms with Crippen LogP contribution in [0.2, 0.25) is 0 Å². The second-order valence-electron chi connectivity index (χ2n) is 5.45. The summed E-state index contributed by atoms with van der Waals surface area (Å²) in [5, 5.41) is 5.08. The fraction of sp³-hybridized carbons (Fsp3) is 0.278. The Balaban J connectivity index is 1.75. The number of esters is 1. The van der Waals surface area contributed by atoms with Crippen LogP contribution in [0.4, 0.5) is 5.69 Å². The quantitative estimate of drug-likeness (QED) is 0.649. The van der Waals surface area contributed by atoms with E-state index >= 15 is 0 Å². The molecule has 2 amide bonds. The predicted molar refractivity (Wildman–Crippen MR) is 104 cm³/mol. The van der Waals surface area contributed by atoms with Gasteiger partial charge < -0.3 is 15.4 Å². The smallest absolute Gasteiger partial charge is 0.348 e. The molecule has 6 nitrogen and oxygen atoms in total. The number of nitrogens with one attached hydrogen (secondary N) is 2. The summed E-state index contributed by atoms with van der Waals surface area (Å²) in [5.74, 6) is -1.45. The van der Waals surface area contributed by atoms with Crippen molar-refractivity contribution in [2.75, 3.05) is 18.5 Å². The Kier molecular flexibility index (Phi) is 7.35. The summed E-state index contributed by atoms with van der Waals surface area (Å²) in [5.41, 5.74) is 1.65. The average molecular weight is 439 g/mol.